The smallest absolute Gasteiger partial charge is 0.255 e. The van der Waals surface area contributed by atoms with Gasteiger partial charge in [-0.1, -0.05) is 6.92 Å². The van der Waals surface area contributed by atoms with Gasteiger partial charge < -0.3 is 4.90 Å². The second-order valence-electron chi connectivity index (χ2n) is 5.34. The van der Waals surface area contributed by atoms with Crippen molar-refractivity contribution in [2.75, 3.05) is 6.54 Å². The van der Waals surface area contributed by atoms with E-state index in [1.54, 1.807) is 6.20 Å². The van der Waals surface area contributed by atoms with Gasteiger partial charge >= 0.3 is 0 Å². The van der Waals surface area contributed by atoms with Crippen molar-refractivity contribution in [3.63, 3.8) is 0 Å². The molecule has 0 spiro atoms. The minimum Gasteiger partial charge on any atom is -0.335 e. The predicted octanol–water partition coefficient (Wildman–Crippen LogP) is 2.38. The second-order valence-corrected chi connectivity index (χ2v) is 5.34. The summed E-state index contributed by atoms with van der Waals surface area (Å²) in [5.74, 6) is 0.110. The molecule has 2 aromatic heterocycles. The molecule has 2 aromatic rings. The molecule has 5 heteroatoms. The van der Waals surface area contributed by atoms with Gasteiger partial charge in [-0.05, 0) is 32.8 Å². The largest absolute Gasteiger partial charge is 0.335 e. The van der Waals surface area contributed by atoms with Crippen LogP contribution in [0.15, 0.2) is 12.3 Å². The van der Waals surface area contributed by atoms with Gasteiger partial charge in [-0.3, -0.25) is 4.79 Å². The third kappa shape index (κ3) is 1.88. The number of fused-ring (bicyclic) bond motifs is 1. The van der Waals surface area contributed by atoms with Gasteiger partial charge in [0.15, 0.2) is 5.65 Å². The first-order chi connectivity index (χ1) is 9.65. The van der Waals surface area contributed by atoms with Crippen LogP contribution in [-0.4, -0.2) is 38.2 Å². The van der Waals surface area contributed by atoms with E-state index < -0.39 is 0 Å². The van der Waals surface area contributed by atoms with Crippen LogP contribution >= 0.6 is 0 Å². The van der Waals surface area contributed by atoms with Crippen LogP contribution in [0.2, 0.25) is 0 Å². The molecule has 5 nitrogen and oxygen atoms in total. The Balaban J connectivity index is 1.99. The van der Waals surface area contributed by atoms with Crippen molar-refractivity contribution >= 4 is 16.9 Å². The number of pyridine rings is 1. The van der Waals surface area contributed by atoms with Crippen molar-refractivity contribution in [3.8, 4) is 0 Å². The molecule has 1 fully saturated rings. The van der Waals surface area contributed by atoms with Crippen LogP contribution < -0.4 is 0 Å². The minimum atomic E-state index is 0.110. The number of rotatable bonds is 3. The maximum atomic E-state index is 12.6. The second kappa shape index (κ2) is 4.89. The summed E-state index contributed by atoms with van der Waals surface area (Å²) in [5.41, 5.74) is 2.36. The third-order valence-corrected chi connectivity index (χ3v) is 4.21. The number of carbonyl (C=O) groups is 1. The van der Waals surface area contributed by atoms with Gasteiger partial charge in [0.1, 0.15) is 0 Å². The van der Waals surface area contributed by atoms with Gasteiger partial charge in [0.05, 0.1) is 17.5 Å². The summed E-state index contributed by atoms with van der Waals surface area (Å²) in [7, 11) is 0. The lowest BCUT2D eigenvalue weighted by atomic mass is 9.98. The summed E-state index contributed by atoms with van der Waals surface area (Å²) >= 11 is 0. The summed E-state index contributed by atoms with van der Waals surface area (Å²) in [6.07, 6.45) is 3.93. The number of carbonyl (C=O) groups excluding carboxylic acids is 1. The van der Waals surface area contributed by atoms with Gasteiger partial charge in [-0.25, -0.2) is 9.67 Å². The lowest BCUT2D eigenvalue weighted by molar-refractivity contribution is 0.0454. The van der Waals surface area contributed by atoms with Crippen molar-refractivity contribution in [3.05, 3.63) is 23.5 Å². The van der Waals surface area contributed by atoms with E-state index in [2.05, 4.69) is 17.0 Å². The zero-order valence-electron chi connectivity index (χ0n) is 12.3. The SMILES string of the molecule is CCC1CCN1C(=O)c1cc2cnn(CC)c2nc1C. The molecular weight excluding hydrogens is 252 g/mol. The molecule has 0 aromatic carbocycles. The average Bonchev–Trinajstić information content (AvgIpc) is 2.78. The quantitative estimate of drug-likeness (QED) is 0.862. The third-order valence-electron chi connectivity index (χ3n) is 4.21. The maximum absolute atomic E-state index is 12.6. The number of nitrogens with zero attached hydrogens (tertiary/aromatic N) is 4. The first-order valence-electron chi connectivity index (χ1n) is 7.29. The Morgan fingerprint density at radius 3 is 2.85 bits per heavy atom. The van der Waals surface area contributed by atoms with E-state index in [-0.39, 0.29) is 5.91 Å². The Kier molecular flexibility index (Phi) is 3.20. The van der Waals surface area contributed by atoms with Crippen molar-refractivity contribution in [1.29, 1.82) is 0 Å². The van der Waals surface area contributed by atoms with Crippen LogP contribution in [0.1, 0.15) is 42.7 Å². The summed E-state index contributed by atoms with van der Waals surface area (Å²) in [6.45, 7) is 7.72. The summed E-state index contributed by atoms with van der Waals surface area (Å²) in [5, 5.41) is 5.23. The summed E-state index contributed by atoms with van der Waals surface area (Å²) in [6, 6.07) is 2.33. The first-order valence-corrected chi connectivity index (χ1v) is 7.29. The fourth-order valence-electron chi connectivity index (χ4n) is 2.83. The first kappa shape index (κ1) is 13.1. The van der Waals surface area contributed by atoms with Gasteiger partial charge in [0, 0.05) is 24.5 Å². The molecule has 0 N–H and O–H groups in total. The molecule has 1 aliphatic rings. The fourth-order valence-corrected chi connectivity index (χ4v) is 2.83. The lowest BCUT2D eigenvalue weighted by Gasteiger charge is -2.40. The van der Waals surface area contributed by atoms with E-state index in [0.29, 0.717) is 11.6 Å². The monoisotopic (exact) mass is 272 g/mol. The predicted molar refractivity (Wildman–Crippen MR) is 77.7 cm³/mol. The standard InChI is InChI=1S/C15H20N4O/c1-4-12-6-7-18(12)15(20)13-8-11-9-16-19(5-2)14(11)17-10(13)3/h8-9,12H,4-7H2,1-3H3. The van der Waals surface area contributed by atoms with Crippen LogP contribution in [0.5, 0.6) is 0 Å². The normalized spacial score (nSPS) is 18.4. The Bertz CT molecular complexity index is 659. The van der Waals surface area contributed by atoms with Gasteiger partial charge in [-0.15, -0.1) is 0 Å². The molecule has 106 valence electrons. The van der Waals surface area contributed by atoms with E-state index in [9.17, 15) is 4.79 Å². The van der Waals surface area contributed by atoms with E-state index in [1.807, 2.05) is 29.5 Å². The minimum absolute atomic E-state index is 0.110. The van der Waals surface area contributed by atoms with Crippen molar-refractivity contribution in [2.24, 2.45) is 0 Å². The van der Waals surface area contributed by atoms with Crippen molar-refractivity contribution in [2.45, 2.75) is 46.2 Å². The average molecular weight is 272 g/mol. The fraction of sp³-hybridized carbons (Fsp3) is 0.533. The van der Waals surface area contributed by atoms with Gasteiger partial charge in [0.25, 0.3) is 5.91 Å². The van der Waals surface area contributed by atoms with Gasteiger partial charge in [0.2, 0.25) is 0 Å². The molecule has 1 atom stereocenters. The Morgan fingerprint density at radius 2 is 2.25 bits per heavy atom. The van der Waals surface area contributed by atoms with Crippen LogP contribution in [-0.2, 0) is 6.54 Å². The van der Waals surface area contributed by atoms with Crippen molar-refractivity contribution in [1.82, 2.24) is 19.7 Å². The van der Waals surface area contributed by atoms with E-state index in [0.717, 1.165) is 42.7 Å². The Hall–Kier alpha value is -1.91. The number of hydrogen-bond acceptors (Lipinski definition) is 3. The van der Waals surface area contributed by atoms with Crippen molar-refractivity contribution < 1.29 is 4.79 Å². The van der Waals surface area contributed by atoms with E-state index >= 15 is 0 Å². The highest BCUT2D eigenvalue weighted by molar-refractivity contribution is 5.98. The number of hydrogen-bond donors (Lipinski definition) is 0. The molecule has 1 unspecified atom stereocenters. The van der Waals surface area contributed by atoms with Crippen LogP contribution in [0, 0.1) is 6.92 Å². The number of likely N-dealkylation sites (tertiary alicyclic amines) is 1. The van der Waals surface area contributed by atoms with Crippen LogP contribution in [0.3, 0.4) is 0 Å². The Morgan fingerprint density at radius 1 is 1.45 bits per heavy atom. The molecule has 1 aliphatic heterocycles. The molecule has 0 aliphatic carbocycles. The highest BCUT2D eigenvalue weighted by atomic mass is 16.2. The molecular formula is C15H20N4O. The maximum Gasteiger partial charge on any atom is 0.255 e. The molecule has 3 rings (SSSR count). The van der Waals surface area contributed by atoms with Gasteiger partial charge in [-0.2, -0.15) is 5.10 Å². The number of aryl methyl sites for hydroxylation is 2. The number of amides is 1. The molecule has 0 bridgehead atoms. The highest BCUT2D eigenvalue weighted by Crippen LogP contribution is 2.25. The summed E-state index contributed by atoms with van der Waals surface area (Å²) < 4.78 is 1.86. The molecule has 0 saturated carbocycles. The van der Waals surface area contributed by atoms with Crippen LogP contribution in [0.4, 0.5) is 0 Å². The topological polar surface area (TPSA) is 51.0 Å². The molecule has 0 radical (unpaired) electrons. The molecule has 1 saturated heterocycles. The van der Waals surface area contributed by atoms with E-state index in [1.165, 1.54) is 0 Å². The molecule has 20 heavy (non-hydrogen) atoms. The molecule has 3 heterocycles. The zero-order chi connectivity index (χ0) is 14.3. The zero-order valence-corrected chi connectivity index (χ0v) is 12.3. The highest BCUT2D eigenvalue weighted by Gasteiger charge is 2.32. The lowest BCUT2D eigenvalue weighted by Crippen LogP contribution is -2.50. The Labute approximate surface area is 118 Å². The van der Waals surface area contributed by atoms with Crippen LogP contribution in [0.25, 0.3) is 11.0 Å². The molecule has 1 amide bonds. The summed E-state index contributed by atoms with van der Waals surface area (Å²) in [4.78, 5) is 19.1. The number of aromatic nitrogens is 3. The van der Waals surface area contributed by atoms with E-state index in [4.69, 9.17) is 0 Å².